The molecule has 4 atom stereocenters. The van der Waals surface area contributed by atoms with Crippen LogP contribution in [0.5, 0.6) is 5.75 Å². The Morgan fingerprint density at radius 3 is 2.76 bits per heavy atom. The molecule has 1 aromatic carbocycles. The van der Waals surface area contributed by atoms with E-state index in [1.165, 1.54) is 24.8 Å². The van der Waals surface area contributed by atoms with Gasteiger partial charge < -0.3 is 10.5 Å². The third-order valence-corrected chi connectivity index (χ3v) is 4.86. The number of fused-ring (bicyclic) bond motifs is 2. The van der Waals surface area contributed by atoms with Crippen LogP contribution in [-0.2, 0) is 0 Å². The molecule has 0 aliphatic heterocycles. The highest BCUT2D eigenvalue weighted by Crippen LogP contribution is 2.57. The molecule has 2 aliphatic rings. The van der Waals surface area contributed by atoms with Crippen molar-refractivity contribution in [2.24, 2.45) is 23.5 Å². The van der Waals surface area contributed by atoms with Crippen LogP contribution in [0.1, 0.15) is 30.7 Å². The van der Waals surface area contributed by atoms with Crippen molar-refractivity contribution in [3.05, 3.63) is 29.8 Å². The Kier molecular flexibility index (Phi) is 2.83. The maximum atomic E-state index is 6.00. The Balaban J connectivity index is 1.97. The predicted octanol–water partition coefficient (Wildman–Crippen LogP) is 2.78. The van der Waals surface area contributed by atoms with Gasteiger partial charge in [-0.1, -0.05) is 18.2 Å². The Morgan fingerprint density at radius 1 is 1.24 bits per heavy atom. The van der Waals surface area contributed by atoms with Crippen LogP contribution in [0.3, 0.4) is 0 Å². The number of nitrogens with two attached hydrogens (primary N) is 1. The van der Waals surface area contributed by atoms with Gasteiger partial charge in [0.1, 0.15) is 5.75 Å². The number of para-hydroxylation sites is 1. The molecule has 0 amide bonds. The molecule has 2 saturated carbocycles. The molecule has 2 bridgehead atoms. The molecule has 1 aromatic rings. The van der Waals surface area contributed by atoms with Crippen LogP contribution < -0.4 is 10.5 Å². The monoisotopic (exact) mass is 231 g/mol. The highest BCUT2D eigenvalue weighted by molar-refractivity contribution is 5.38. The average Bonchev–Trinajstić information content (AvgIpc) is 2.98. The Labute approximate surface area is 103 Å². The van der Waals surface area contributed by atoms with Gasteiger partial charge in [0, 0.05) is 0 Å². The van der Waals surface area contributed by atoms with E-state index in [0.29, 0.717) is 11.8 Å². The number of methoxy groups -OCH3 is 1. The van der Waals surface area contributed by atoms with Crippen molar-refractivity contribution < 1.29 is 4.74 Å². The topological polar surface area (TPSA) is 35.2 Å². The van der Waals surface area contributed by atoms with E-state index in [2.05, 4.69) is 18.2 Å². The first kappa shape index (κ1) is 11.1. The third-order valence-electron chi connectivity index (χ3n) is 4.86. The van der Waals surface area contributed by atoms with Crippen LogP contribution in [0.4, 0.5) is 0 Å². The SMILES string of the molecule is COc1ccccc1[C@H]1[C@H]2CC[C@H](C2)[C@@H]1CN. The highest BCUT2D eigenvalue weighted by atomic mass is 16.5. The van der Waals surface area contributed by atoms with Crippen molar-refractivity contribution in [3.63, 3.8) is 0 Å². The van der Waals surface area contributed by atoms with E-state index >= 15 is 0 Å². The van der Waals surface area contributed by atoms with Gasteiger partial charge in [0.05, 0.1) is 7.11 Å². The molecule has 2 aliphatic carbocycles. The van der Waals surface area contributed by atoms with Crippen LogP contribution in [-0.4, -0.2) is 13.7 Å². The molecular weight excluding hydrogens is 210 g/mol. The average molecular weight is 231 g/mol. The quantitative estimate of drug-likeness (QED) is 0.868. The molecule has 0 heterocycles. The Hall–Kier alpha value is -1.02. The molecule has 3 rings (SSSR count). The lowest BCUT2D eigenvalue weighted by atomic mass is 9.75. The van der Waals surface area contributed by atoms with Crippen LogP contribution >= 0.6 is 0 Å². The van der Waals surface area contributed by atoms with Crippen molar-refractivity contribution in [1.82, 2.24) is 0 Å². The molecule has 92 valence electrons. The van der Waals surface area contributed by atoms with Crippen LogP contribution in [0, 0.1) is 17.8 Å². The van der Waals surface area contributed by atoms with Gasteiger partial charge in [-0.05, 0) is 61.1 Å². The van der Waals surface area contributed by atoms with Crippen molar-refractivity contribution in [2.75, 3.05) is 13.7 Å². The van der Waals surface area contributed by atoms with E-state index < -0.39 is 0 Å². The standard InChI is InChI=1S/C15H21NO/c1-17-14-5-3-2-4-12(14)15-11-7-6-10(8-11)13(15)9-16/h2-5,10-11,13,15H,6-9,16H2,1H3/t10-,11+,13+,15-/m1/s1. The number of hydrogen-bond donors (Lipinski definition) is 1. The molecule has 0 aromatic heterocycles. The molecule has 2 heteroatoms. The summed E-state index contributed by atoms with van der Waals surface area (Å²) >= 11 is 0. The summed E-state index contributed by atoms with van der Waals surface area (Å²) in [6.45, 7) is 0.823. The first-order chi connectivity index (χ1) is 8.35. The fourth-order valence-electron chi connectivity index (χ4n) is 4.18. The van der Waals surface area contributed by atoms with E-state index in [1.54, 1.807) is 7.11 Å². The zero-order chi connectivity index (χ0) is 11.8. The van der Waals surface area contributed by atoms with E-state index in [0.717, 1.165) is 24.1 Å². The van der Waals surface area contributed by atoms with Gasteiger partial charge in [0.25, 0.3) is 0 Å². The number of hydrogen-bond acceptors (Lipinski definition) is 2. The molecule has 17 heavy (non-hydrogen) atoms. The van der Waals surface area contributed by atoms with E-state index in [9.17, 15) is 0 Å². The minimum Gasteiger partial charge on any atom is -0.496 e. The molecule has 2 nitrogen and oxygen atoms in total. The predicted molar refractivity (Wildman–Crippen MR) is 69.1 cm³/mol. The van der Waals surface area contributed by atoms with Gasteiger partial charge in [0.15, 0.2) is 0 Å². The zero-order valence-corrected chi connectivity index (χ0v) is 10.4. The molecule has 0 spiro atoms. The maximum absolute atomic E-state index is 6.00. The van der Waals surface area contributed by atoms with Gasteiger partial charge in [-0.15, -0.1) is 0 Å². The molecule has 0 unspecified atom stereocenters. The second-order valence-electron chi connectivity index (χ2n) is 5.50. The van der Waals surface area contributed by atoms with Crippen molar-refractivity contribution >= 4 is 0 Å². The molecule has 2 N–H and O–H groups in total. The largest absolute Gasteiger partial charge is 0.496 e. The summed E-state index contributed by atoms with van der Waals surface area (Å²) in [6.07, 6.45) is 4.15. The summed E-state index contributed by atoms with van der Waals surface area (Å²) in [6, 6.07) is 8.48. The number of ether oxygens (including phenoxy) is 1. The Morgan fingerprint density at radius 2 is 2.00 bits per heavy atom. The second kappa shape index (κ2) is 4.34. The zero-order valence-electron chi connectivity index (χ0n) is 10.4. The van der Waals surface area contributed by atoms with Gasteiger partial charge in [-0.3, -0.25) is 0 Å². The minimum atomic E-state index is 0.634. The molecule has 2 fully saturated rings. The summed E-state index contributed by atoms with van der Waals surface area (Å²) < 4.78 is 5.52. The summed E-state index contributed by atoms with van der Waals surface area (Å²) in [7, 11) is 1.77. The van der Waals surface area contributed by atoms with Crippen LogP contribution in [0.25, 0.3) is 0 Å². The van der Waals surface area contributed by atoms with Gasteiger partial charge in [-0.2, -0.15) is 0 Å². The lowest BCUT2D eigenvalue weighted by Gasteiger charge is -2.31. The second-order valence-corrected chi connectivity index (χ2v) is 5.50. The highest BCUT2D eigenvalue weighted by Gasteiger charge is 2.47. The first-order valence-electron chi connectivity index (χ1n) is 6.68. The lowest BCUT2D eigenvalue weighted by Crippen LogP contribution is -2.27. The fourth-order valence-corrected chi connectivity index (χ4v) is 4.18. The molecule has 0 saturated heterocycles. The fraction of sp³-hybridized carbons (Fsp3) is 0.600. The Bertz CT molecular complexity index is 404. The van der Waals surface area contributed by atoms with Gasteiger partial charge in [-0.25, -0.2) is 0 Å². The summed E-state index contributed by atoms with van der Waals surface area (Å²) in [4.78, 5) is 0. The van der Waals surface area contributed by atoms with E-state index in [1.807, 2.05) is 6.07 Å². The maximum Gasteiger partial charge on any atom is 0.122 e. The smallest absolute Gasteiger partial charge is 0.122 e. The summed E-state index contributed by atoms with van der Waals surface area (Å²) in [5.41, 5.74) is 7.39. The van der Waals surface area contributed by atoms with Crippen LogP contribution in [0.15, 0.2) is 24.3 Å². The van der Waals surface area contributed by atoms with Gasteiger partial charge in [0.2, 0.25) is 0 Å². The van der Waals surface area contributed by atoms with Crippen LogP contribution in [0.2, 0.25) is 0 Å². The summed E-state index contributed by atoms with van der Waals surface area (Å²) in [5.74, 6) is 4.05. The first-order valence-corrected chi connectivity index (χ1v) is 6.68. The van der Waals surface area contributed by atoms with Gasteiger partial charge >= 0.3 is 0 Å². The molecular formula is C15H21NO. The minimum absolute atomic E-state index is 0.634. The number of rotatable bonds is 3. The lowest BCUT2D eigenvalue weighted by molar-refractivity contribution is 0.287. The third kappa shape index (κ3) is 1.66. The van der Waals surface area contributed by atoms with E-state index in [4.69, 9.17) is 10.5 Å². The van der Waals surface area contributed by atoms with Crippen molar-refractivity contribution in [3.8, 4) is 5.75 Å². The van der Waals surface area contributed by atoms with E-state index in [-0.39, 0.29) is 0 Å². The van der Waals surface area contributed by atoms with Crippen molar-refractivity contribution in [1.29, 1.82) is 0 Å². The van der Waals surface area contributed by atoms with Crippen molar-refractivity contribution in [2.45, 2.75) is 25.2 Å². The molecule has 0 radical (unpaired) electrons. The summed E-state index contributed by atoms with van der Waals surface area (Å²) in [5, 5.41) is 0. The normalized spacial score (nSPS) is 35.2. The number of benzene rings is 1.